The van der Waals surface area contributed by atoms with Gasteiger partial charge < -0.3 is 14.2 Å². The normalized spacial score (nSPS) is 10.8. The quantitative estimate of drug-likeness (QED) is 0.438. The zero-order valence-electron chi connectivity index (χ0n) is 16.6. The van der Waals surface area contributed by atoms with Crippen molar-refractivity contribution in [1.29, 1.82) is 0 Å². The summed E-state index contributed by atoms with van der Waals surface area (Å²) in [6, 6.07) is 19.2. The summed E-state index contributed by atoms with van der Waals surface area (Å²) in [6.45, 7) is 4.79. The van der Waals surface area contributed by atoms with Crippen molar-refractivity contribution in [2.45, 2.75) is 13.8 Å². The second-order valence-electron chi connectivity index (χ2n) is 6.16. The second-order valence-corrected chi connectivity index (χ2v) is 6.16. The average molecular weight is 392 g/mol. The minimum atomic E-state index is -0.342. The molecular formula is C23H24N2O4. The van der Waals surface area contributed by atoms with E-state index in [0.29, 0.717) is 30.5 Å². The molecule has 0 heterocycles. The maximum Gasteiger partial charge on any atom is 0.277 e. The number of nitrogens with one attached hydrogen (secondary N) is 1. The van der Waals surface area contributed by atoms with Crippen LogP contribution in [0.15, 0.2) is 65.8 Å². The van der Waals surface area contributed by atoms with E-state index in [1.54, 1.807) is 6.21 Å². The summed E-state index contributed by atoms with van der Waals surface area (Å²) in [6.07, 6.45) is 1.55. The van der Waals surface area contributed by atoms with E-state index < -0.39 is 0 Å². The Kier molecular flexibility index (Phi) is 7.05. The lowest BCUT2D eigenvalue weighted by molar-refractivity contribution is -0.123. The van der Waals surface area contributed by atoms with E-state index in [0.717, 1.165) is 16.3 Å². The summed E-state index contributed by atoms with van der Waals surface area (Å²) in [5, 5.41) is 6.16. The maximum atomic E-state index is 12.0. The first-order valence-corrected chi connectivity index (χ1v) is 9.52. The molecule has 0 saturated carbocycles. The molecule has 6 nitrogen and oxygen atoms in total. The van der Waals surface area contributed by atoms with Crippen molar-refractivity contribution in [1.82, 2.24) is 5.43 Å². The Balaban J connectivity index is 1.54. The van der Waals surface area contributed by atoms with Gasteiger partial charge in [0.05, 0.1) is 19.4 Å². The summed E-state index contributed by atoms with van der Waals surface area (Å²) < 4.78 is 16.7. The minimum Gasteiger partial charge on any atom is -0.490 e. The second kappa shape index (κ2) is 10.1. The Hall–Kier alpha value is -3.54. The molecule has 0 bridgehead atoms. The lowest BCUT2D eigenvalue weighted by Crippen LogP contribution is -2.24. The van der Waals surface area contributed by atoms with Gasteiger partial charge in [-0.15, -0.1) is 0 Å². The third-order valence-corrected chi connectivity index (χ3v) is 4.06. The summed E-state index contributed by atoms with van der Waals surface area (Å²) in [4.78, 5) is 12.0. The largest absolute Gasteiger partial charge is 0.490 e. The van der Waals surface area contributed by atoms with Crippen molar-refractivity contribution in [3.63, 3.8) is 0 Å². The van der Waals surface area contributed by atoms with Gasteiger partial charge in [0.15, 0.2) is 18.1 Å². The molecule has 3 rings (SSSR count). The lowest BCUT2D eigenvalue weighted by atomic mass is 10.1. The number of hydrogen-bond donors (Lipinski definition) is 1. The molecule has 0 fully saturated rings. The Morgan fingerprint density at radius 1 is 0.897 bits per heavy atom. The van der Waals surface area contributed by atoms with Gasteiger partial charge in [0, 0.05) is 0 Å². The van der Waals surface area contributed by atoms with Crippen molar-refractivity contribution >= 4 is 22.9 Å². The van der Waals surface area contributed by atoms with Gasteiger partial charge in [0.25, 0.3) is 5.91 Å². The number of benzene rings is 3. The van der Waals surface area contributed by atoms with Crippen LogP contribution in [0.4, 0.5) is 0 Å². The van der Waals surface area contributed by atoms with Crippen molar-refractivity contribution in [2.75, 3.05) is 19.8 Å². The summed E-state index contributed by atoms with van der Waals surface area (Å²) >= 11 is 0. The van der Waals surface area contributed by atoms with Gasteiger partial charge >= 0.3 is 0 Å². The molecule has 1 N–H and O–H groups in total. The predicted molar refractivity (Wildman–Crippen MR) is 114 cm³/mol. The van der Waals surface area contributed by atoms with E-state index in [1.165, 1.54) is 0 Å². The van der Waals surface area contributed by atoms with E-state index in [-0.39, 0.29) is 12.5 Å². The number of hydrogen-bond acceptors (Lipinski definition) is 5. The number of carbonyl (C=O) groups excluding carboxylic acids is 1. The van der Waals surface area contributed by atoms with Gasteiger partial charge in [-0.3, -0.25) is 4.79 Å². The highest BCUT2D eigenvalue weighted by Gasteiger charge is 2.06. The first kappa shape index (κ1) is 20.2. The van der Waals surface area contributed by atoms with Gasteiger partial charge in [-0.05, 0) is 60.5 Å². The molecular weight excluding hydrogens is 368 g/mol. The maximum absolute atomic E-state index is 12.0. The highest BCUT2D eigenvalue weighted by Crippen LogP contribution is 2.28. The van der Waals surface area contributed by atoms with Crippen LogP contribution in [0.2, 0.25) is 0 Å². The standard InChI is InChI=1S/C23H24N2O4/c1-3-27-21-12-9-17(13-22(21)28-4-2)15-24-25-23(26)16-29-20-11-10-18-7-5-6-8-19(18)14-20/h5-15H,3-4,16H2,1-2H3,(H,25,26)/b24-15+. The first-order valence-electron chi connectivity index (χ1n) is 9.52. The van der Waals surface area contributed by atoms with Crippen LogP contribution < -0.4 is 19.6 Å². The van der Waals surface area contributed by atoms with Crippen molar-refractivity contribution in [2.24, 2.45) is 5.10 Å². The molecule has 0 aliphatic heterocycles. The summed E-state index contributed by atoms with van der Waals surface area (Å²) in [7, 11) is 0. The molecule has 0 aliphatic rings. The van der Waals surface area contributed by atoms with Gasteiger partial charge in [0.1, 0.15) is 5.75 Å². The van der Waals surface area contributed by atoms with Gasteiger partial charge in [-0.2, -0.15) is 5.10 Å². The van der Waals surface area contributed by atoms with E-state index in [4.69, 9.17) is 14.2 Å². The lowest BCUT2D eigenvalue weighted by Gasteiger charge is -2.11. The average Bonchev–Trinajstić information content (AvgIpc) is 2.74. The smallest absolute Gasteiger partial charge is 0.277 e. The summed E-state index contributed by atoms with van der Waals surface area (Å²) in [5.41, 5.74) is 3.25. The van der Waals surface area contributed by atoms with Crippen LogP contribution in [-0.2, 0) is 4.79 Å². The predicted octanol–water partition coefficient (Wildman–Crippen LogP) is 4.17. The van der Waals surface area contributed by atoms with Crippen LogP contribution in [0.1, 0.15) is 19.4 Å². The number of nitrogens with zero attached hydrogens (tertiary/aromatic N) is 1. The van der Waals surface area contributed by atoms with E-state index in [9.17, 15) is 4.79 Å². The van der Waals surface area contributed by atoms with Crippen LogP contribution in [0, 0.1) is 0 Å². The van der Waals surface area contributed by atoms with E-state index in [2.05, 4.69) is 10.5 Å². The number of amides is 1. The van der Waals surface area contributed by atoms with Crippen LogP contribution >= 0.6 is 0 Å². The van der Waals surface area contributed by atoms with Crippen molar-refractivity contribution in [3.8, 4) is 17.2 Å². The molecule has 150 valence electrons. The third kappa shape index (κ3) is 5.72. The van der Waals surface area contributed by atoms with Crippen molar-refractivity contribution in [3.05, 3.63) is 66.2 Å². The molecule has 3 aromatic rings. The first-order chi connectivity index (χ1) is 14.2. The molecule has 0 aromatic heterocycles. The Morgan fingerprint density at radius 2 is 1.66 bits per heavy atom. The SMILES string of the molecule is CCOc1ccc(/C=N/NC(=O)COc2ccc3ccccc3c2)cc1OCC. The minimum absolute atomic E-state index is 0.122. The molecule has 0 radical (unpaired) electrons. The highest BCUT2D eigenvalue weighted by molar-refractivity contribution is 5.85. The zero-order chi connectivity index (χ0) is 20.5. The number of hydrazone groups is 1. The van der Waals surface area contributed by atoms with Gasteiger partial charge in [-0.1, -0.05) is 30.3 Å². The Labute approximate surface area is 170 Å². The molecule has 6 heteroatoms. The van der Waals surface area contributed by atoms with Crippen LogP contribution in [0.25, 0.3) is 10.8 Å². The fourth-order valence-electron chi connectivity index (χ4n) is 2.77. The molecule has 1 amide bonds. The third-order valence-electron chi connectivity index (χ3n) is 4.06. The molecule has 0 aliphatic carbocycles. The van der Waals surface area contributed by atoms with E-state index >= 15 is 0 Å². The van der Waals surface area contributed by atoms with Crippen LogP contribution in [0.5, 0.6) is 17.2 Å². The number of carbonyl (C=O) groups is 1. The number of rotatable bonds is 9. The Morgan fingerprint density at radius 3 is 2.45 bits per heavy atom. The fraction of sp³-hybridized carbons (Fsp3) is 0.217. The molecule has 0 atom stereocenters. The zero-order valence-corrected chi connectivity index (χ0v) is 16.6. The molecule has 0 unspecified atom stereocenters. The topological polar surface area (TPSA) is 69.2 Å². The van der Waals surface area contributed by atoms with Crippen LogP contribution in [-0.4, -0.2) is 31.9 Å². The van der Waals surface area contributed by atoms with Crippen molar-refractivity contribution < 1.29 is 19.0 Å². The molecule has 0 saturated heterocycles. The molecule has 29 heavy (non-hydrogen) atoms. The monoisotopic (exact) mass is 392 g/mol. The summed E-state index contributed by atoms with van der Waals surface area (Å²) in [5.74, 6) is 1.62. The number of ether oxygens (including phenoxy) is 3. The fourth-order valence-corrected chi connectivity index (χ4v) is 2.77. The van der Waals surface area contributed by atoms with E-state index in [1.807, 2.05) is 74.5 Å². The number of fused-ring (bicyclic) bond motifs is 1. The molecule has 3 aromatic carbocycles. The highest BCUT2D eigenvalue weighted by atomic mass is 16.5. The van der Waals surface area contributed by atoms with Gasteiger partial charge in [0.2, 0.25) is 0 Å². The molecule has 0 spiro atoms. The van der Waals surface area contributed by atoms with Crippen LogP contribution in [0.3, 0.4) is 0 Å². The Bertz CT molecular complexity index is 1000. The van der Waals surface area contributed by atoms with Gasteiger partial charge in [-0.25, -0.2) is 5.43 Å².